The summed E-state index contributed by atoms with van der Waals surface area (Å²) in [6.07, 6.45) is 4.54. The average Bonchev–Trinajstić information content (AvgIpc) is 2.98. The second-order valence-electron chi connectivity index (χ2n) is 5.55. The molecular weight excluding hydrogens is 310 g/mol. The number of nitrogens with zero attached hydrogens (tertiary/aromatic N) is 1. The number of carbonyl (C=O) groups is 1. The fraction of sp³-hybridized carbons (Fsp3) is 0.562. The maximum atomic E-state index is 13.8. The summed E-state index contributed by atoms with van der Waals surface area (Å²) < 4.78 is 26.8. The summed E-state index contributed by atoms with van der Waals surface area (Å²) in [5.74, 6) is -1.15. The van der Waals surface area contributed by atoms with Gasteiger partial charge in [-0.1, -0.05) is 18.9 Å². The van der Waals surface area contributed by atoms with Crippen LogP contribution in [0.2, 0.25) is 0 Å². The zero-order valence-electron chi connectivity index (χ0n) is 12.8. The fourth-order valence-corrected chi connectivity index (χ4v) is 2.85. The van der Waals surface area contributed by atoms with Crippen LogP contribution in [0.15, 0.2) is 18.2 Å². The Balaban J connectivity index is 0.00000242. The number of halogens is 3. The molecule has 1 N–H and O–H groups in total. The number of rotatable bonds is 6. The highest BCUT2D eigenvalue weighted by Crippen LogP contribution is 2.26. The molecule has 0 heterocycles. The molecule has 0 radical (unpaired) electrons. The number of hydrogen-bond acceptors (Lipinski definition) is 2. The van der Waals surface area contributed by atoms with E-state index in [1.165, 1.54) is 12.1 Å². The van der Waals surface area contributed by atoms with Gasteiger partial charge in [-0.05, 0) is 26.0 Å². The quantitative estimate of drug-likeness (QED) is 0.867. The predicted molar refractivity (Wildman–Crippen MR) is 85.0 cm³/mol. The highest BCUT2D eigenvalue weighted by molar-refractivity contribution is 5.85. The number of hydrogen-bond donors (Lipinski definition) is 1. The van der Waals surface area contributed by atoms with Gasteiger partial charge >= 0.3 is 0 Å². The van der Waals surface area contributed by atoms with Gasteiger partial charge in [0.2, 0.25) is 5.91 Å². The van der Waals surface area contributed by atoms with Crippen molar-refractivity contribution in [3.05, 3.63) is 35.4 Å². The van der Waals surface area contributed by atoms with Crippen molar-refractivity contribution in [3.8, 4) is 0 Å². The van der Waals surface area contributed by atoms with E-state index < -0.39 is 11.6 Å². The van der Waals surface area contributed by atoms with E-state index >= 15 is 0 Å². The lowest BCUT2D eigenvalue weighted by Crippen LogP contribution is -2.39. The normalized spacial score (nSPS) is 14.7. The zero-order chi connectivity index (χ0) is 15.2. The lowest BCUT2D eigenvalue weighted by atomic mass is 10.1. The highest BCUT2D eigenvalue weighted by Gasteiger charge is 2.27. The van der Waals surface area contributed by atoms with Crippen LogP contribution in [0, 0.1) is 11.6 Å². The van der Waals surface area contributed by atoms with Crippen molar-refractivity contribution in [2.24, 2.45) is 0 Å². The largest absolute Gasteiger partial charge is 0.335 e. The van der Waals surface area contributed by atoms with Gasteiger partial charge in [0.25, 0.3) is 0 Å². The van der Waals surface area contributed by atoms with Gasteiger partial charge < -0.3 is 10.2 Å². The van der Waals surface area contributed by atoms with Gasteiger partial charge in [-0.25, -0.2) is 8.78 Å². The summed E-state index contributed by atoms with van der Waals surface area (Å²) in [5, 5.41) is 2.96. The number of nitrogens with one attached hydrogen (secondary N) is 1. The van der Waals surface area contributed by atoms with Crippen LogP contribution in [0.3, 0.4) is 0 Å². The van der Waals surface area contributed by atoms with Crippen molar-refractivity contribution in [2.45, 2.75) is 44.7 Å². The Kier molecular flexibility index (Phi) is 7.76. The summed E-state index contributed by atoms with van der Waals surface area (Å²) in [5.41, 5.74) is 0.376. The van der Waals surface area contributed by atoms with Crippen molar-refractivity contribution in [1.82, 2.24) is 10.2 Å². The van der Waals surface area contributed by atoms with Crippen LogP contribution in [-0.2, 0) is 11.3 Å². The molecule has 1 amide bonds. The molecule has 0 saturated heterocycles. The van der Waals surface area contributed by atoms with Gasteiger partial charge in [0.1, 0.15) is 11.6 Å². The van der Waals surface area contributed by atoms with Crippen LogP contribution in [0.4, 0.5) is 8.78 Å². The Hall–Kier alpha value is -1.20. The van der Waals surface area contributed by atoms with Crippen LogP contribution in [0.1, 0.15) is 37.7 Å². The van der Waals surface area contributed by atoms with E-state index in [4.69, 9.17) is 0 Å². The molecule has 6 heteroatoms. The molecule has 0 bridgehead atoms. The third-order valence-electron chi connectivity index (χ3n) is 4.03. The first kappa shape index (κ1) is 18.8. The minimum atomic E-state index is -0.592. The number of amides is 1. The summed E-state index contributed by atoms with van der Waals surface area (Å²) in [6.45, 7) is 0.827. The molecule has 3 nitrogen and oxygen atoms in total. The summed E-state index contributed by atoms with van der Waals surface area (Å²) in [6, 6.07) is 3.72. The molecular formula is C16H23ClF2N2O. The van der Waals surface area contributed by atoms with Crippen LogP contribution in [0.25, 0.3) is 0 Å². The van der Waals surface area contributed by atoms with E-state index in [1.807, 2.05) is 0 Å². The molecule has 0 aromatic heterocycles. The Morgan fingerprint density at radius 1 is 1.32 bits per heavy atom. The van der Waals surface area contributed by atoms with E-state index in [1.54, 1.807) is 11.9 Å². The maximum absolute atomic E-state index is 13.8. The molecule has 1 fully saturated rings. The van der Waals surface area contributed by atoms with E-state index in [-0.39, 0.29) is 30.9 Å². The third kappa shape index (κ3) is 4.92. The predicted octanol–water partition coefficient (Wildman–Crippen LogP) is 3.27. The maximum Gasteiger partial charge on any atom is 0.224 e. The van der Waals surface area contributed by atoms with Gasteiger partial charge in [0.15, 0.2) is 0 Å². The van der Waals surface area contributed by atoms with Crippen LogP contribution in [-0.4, -0.2) is 30.4 Å². The average molecular weight is 333 g/mol. The van der Waals surface area contributed by atoms with Crippen LogP contribution in [0.5, 0.6) is 0 Å². The Bertz CT molecular complexity index is 493. The fourth-order valence-electron chi connectivity index (χ4n) is 2.85. The van der Waals surface area contributed by atoms with Crippen LogP contribution < -0.4 is 5.32 Å². The minimum Gasteiger partial charge on any atom is -0.335 e. The molecule has 1 saturated carbocycles. The Morgan fingerprint density at radius 3 is 2.59 bits per heavy atom. The Morgan fingerprint density at radius 2 is 2.00 bits per heavy atom. The van der Waals surface area contributed by atoms with Crippen molar-refractivity contribution < 1.29 is 13.6 Å². The standard InChI is InChI=1S/C16H22F2N2O.ClH/c1-19-9-8-16(21)20(14-4-2-3-5-14)11-12-6-7-13(17)10-15(12)18;/h6-7,10,14,19H,2-5,8-9,11H2,1H3;1H. The van der Waals surface area contributed by atoms with Crippen molar-refractivity contribution in [1.29, 1.82) is 0 Å². The van der Waals surface area contributed by atoms with Gasteiger partial charge in [0.05, 0.1) is 0 Å². The second kappa shape index (κ2) is 9.06. The molecule has 1 aromatic rings. The minimum absolute atomic E-state index is 0. The third-order valence-corrected chi connectivity index (χ3v) is 4.03. The SMILES string of the molecule is CNCCC(=O)N(Cc1ccc(F)cc1F)C1CCCC1.Cl. The molecule has 1 aliphatic rings. The molecule has 0 atom stereocenters. The first-order valence-corrected chi connectivity index (χ1v) is 7.50. The van der Waals surface area contributed by atoms with Crippen molar-refractivity contribution >= 4 is 18.3 Å². The number of carbonyl (C=O) groups excluding carboxylic acids is 1. The van der Waals surface area contributed by atoms with E-state index in [9.17, 15) is 13.6 Å². The van der Waals surface area contributed by atoms with Gasteiger partial charge in [-0.3, -0.25) is 4.79 Å². The molecule has 1 aliphatic carbocycles. The molecule has 0 unspecified atom stereocenters. The first-order chi connectivity index (χ1) is 10.1. The summed E-state index contributed by atoms with van der Waals surface area (Å²) >= 11 is 0. The molecule has 124 valence electrons. The van der Waals surface area contributed by atoms with E-state index in [2.05, 4.69) is 5.32 Å². The van der Waals surface area contributed by atoms with Crippen molar-refractivity contribution in [3.63, 3.8) is 0 Å². The molecule has 0 spiro atoms. The molecule has 1 aromatic carbocycles. The van der Waals surface area contributed by atoms with Crippen LogP contribution >= 0.6 is 12.4 Å². The zero-order valence-corrected chi connectivity index (χ0v) is 13.6. The highest BCUT2D eigenvalue weighted by atomic mass is 35.5. The topological polar surface area (TPSA) is 32.3 Å². The molecule has 22 heavy (non-hydrogen) atoms. The van der Waals surface area contributed by atoms with Gasteiger partial charge in [-0.15, -0.1) is 12.4 Å². The van der Waals surface area contributed by atoms with Gasteiger partial charge in [0, 0.05) is 37.2 Å². The molecule has 0 aliphatic heterocycles. The number of benzene rings is 1. The summed E-state index contributed by atoms with van der Waals surface area (Å²) in [4.78, 5) is 14.1. The molecule has 2 rings (SSSR count). The lowest BCUT2D eigenvalue weighted by molar-refractivity contribution is -0.134. The first-order valence-electron chi connectivity index (χ1n) is 7.50. The summed E-state index contributed by atoms with van der Waals surface area (Å²) in [7, 11) is 1.80. The van der Waals surface area contributed by atoms with Gasteiger partial charge in [-0.2, -0.15) is 0 Å². The van der Waals surface area contributed by atoms with E-state index in [0.717, 1.165) is 31.7 Å². The monoisotopic (exact) mass is 332 g/mol. The Labute approximate surface area is 136 Å². The second-order valence-corrected chi connectivity index (χ2v) is 5.55. The smallest absolute Gasteiger partial charge is 0.224 e. The van der Waals surface area contributed by atoms with Crippen molar-refractivity contribution in [2.75, 3.05) is 13.6 Å². The lowest BCUT2D eigenvalue weighted by Gasteiger charge is -2.29. The van der Waals surface area contributed by atoms with E-state index in [0.29, 0.717) is 18.5 Å².